The minimum Gasteiger partial charge on any atom is -0.478 e. The van der Waals surface area contributed by atoms with Crippen LogP contribution in [0.25, 0.3) is 33.5 Å². The van der Waals surface area contributed by atoms with Gasteiger partial charge in [-0.25, -0.2) is 19.2 Å². The number of aromatic carboxylic acids is 1. The monoisotopic (exact) mass is 463 g/mol. The normalized spacial score (nSPS) is 20.6. The van der Waals surface area contributed by atoms with Gasteiger partial charge in [-0.05, 0) is 58.4 Å². The van der Waals surface area contributed by atoms with Crippen molar-refractivity contribution in [2.75, 3.05) is 0 Å². The Labute approximate surface area is 195 Å². The summed E-state index contributed by atoms with van der Waals surface area (Å²) in [6.45, 7) is 6.18. The van der Waals surface area contributed by atoms with Crippen LogP contribution in [0.2, 0.25) is 0 Å². The second-order valence-electron chi connectivity index (χ2n) is 9.44. The molecule has 0 aromatic carbocycles. The van der Waals surface area contributed by atoms with Crippen LogP contribution in [0.3, 0.4) is 0 Å². The molecule has 1 aliphatic rings. The van der Waals surface area contributed by atoms with Crippen molar-refractivity contribution in [1.29, 1.82) is 0 Å². The van der Waals surface area contributed by atoms with Crippen molar-refractivity contribution in [2.45, 2.75) is 58.7 Å². The molecule has 0 saturated heterocycles. The number of aryl methyl sites for hydroxylation is 2. The molecule has 0 unspecified atom stereocenters. The molecule has 0 spiro atoms. The van der Waals surface area contributed by atoms with Gasteiger partial charge < -0.3 is 14.2 Å². The molecule has 1 aliphatic carbocycles. The zero-order chi connectivity index (χ0) is 24.0. The Kier molecular flexibility index (Phi) is 5.42. The molecule has 4 heterocycles. The fraction of sp³-hybridized carbons (Fsp3) is 0.400. The van der Waals surface area contributed by atoms with Crippen molar-refractivity contribution >= 4 is 17.0 Å². The number of rotatable bonds is 5. The highest BCUT2D eigenvalue weighted by atomic mass is 19.1. The van der Waals surface area contributed by atoms with Crippen molar-refractivity contribution in [1.82, 2.24) is 24.7 Å². The summed E-state index contributed by atoms with van der Waals surface area (Å²) in [5.74, 6) is 0.407. The second-order valence-corrected chi connectivity index (χ2v) is 9.44. The van der Waals surface area contributed by atoms with E-state index >= 15 is 0 Å². The Hall–Kier alpha value is -3.62. The van der Waals surface area contributed by atoms with E-state index in [-0.39, 0.29) is 5.56 Å². The molecule has 0 bridgehead atoms. The van der Waals surface area contributed by atoms with E-state index in [1.165, 1.54) is 12.4 Å². The minimum absolute atomic E-state index is 0.0256. The lowest BCUT2D eigenvalue weighted by Gasteiger charge is -2.31. The SMILES string of the molecule is Cc1noc(C)c1-c1cnc2c(-c3ncc(C(=O)O)cn3)cn(CC3CCC(C)(F)CC3)c2c1. The van der Waals surface area contributed by atoms with E-state index in [1.807, 2.05) is 20.0 Å². The molecule has 0 radical (unpaired) electrons. The summed E-state index contributed by atoms with van der Waals surface area (Å²) >= 11 is 0. The second kappa shape index (κ2) is 8.30. The van der Waals surface area contributed by atoms with Gasteiger partial charge in [-0.2, -0.15) is 0 Å². The third kappa shape index (κ3) is 4.06. The number of carboxylic acids is 1. The summed E-state index contributed by atoms with van der Waals surface area (Å²) < 4.78 is 21.8. The van der Waals surface area contributed by atoms with Gasteiger partial charge in [-0.1, -0.05) is 5.16 Å². The van der Waals surface area contributed by atoms with Crippen LogP contribution in [0.15, 0.2) is 35.4 Å². The number of nitrogens with zero attached hydrogens (tertiary/aromatic N) is 5. The molecule has 0 amide bonds. The van der Waals surface area contributed by atoms with Crippen LogP contribution in [0.4, 0.5) is 4.39 Å². The number of hydrogen-bond acceptors (Lipinski definition) is 6. The lowest BCUT2D eigenvalue weighted by molar-refractivity contribution is 0.0696. The number of fused-ring (bicyclic) bond motifs is 1. The van der Waals surface area contributed by atoms with Gasteiger partial charge in [0.05, 0.1) is 27.9 Å². The van der Waals surface area contributed by atoms with Crippen molar-refractivity contribution in [3.05, 3.63) is 47.9 Å². The molecule has 9 heteroatoms. The Morgan fingerprint density at radius 2 is 1.91 bits per heavy atom. The first-order chi connectivity index (χ1) is 16.2. The molecule has 4 aromatic rings. The standard InChI is InChI=1S/C25H26FN5O3/c1-14-21(15(2)34-30-14)17-8-20-22(27-9-17)19(23-28-10-18(11-29-23)24(32)33)13-31(20)12-16-4-6-25(3,26)7-5-16/h8-11,13,16H,4-7,12H2,1-3H3,(H,32,33). The van der Waals surface area contributed by atoms with Gasteiger partial charge in [0.25, 0.3) is 0 Å². The fourth-order valence-electron chi connectivity index (χ4n) is 4.83. The number of halogens is 1. The molecule has 176 valence electrons. The maximum absolute atomic E-state index is 14.3. The predicted octanol–water partition coefficient (Wildman–Crippen LogP) is 5.38. The van der Waals surface area contributed by atoms with E-state index in [0.29, 0.717) is 24.6 Å². The number of carbonyl (C=O) groups is 1. The van der Waals surface area contributed by atoms with Gasteiger partial charge in [-0.3, -0.25) is 4.98 Å². The summed E-state index contributed by atoms with van der Waals surface area (Å²) in [5.41, 5.74) is 3.91. The summed E-state index contributed by atoms with van der Waals surface area (Å²) in [6, 6.07) is 2.06. The number of pyridine rings is 1. The Bertz CT molecular complexity index is 1340. The smallest absolute Gasteiger partial charge is 0.338 e. The summed E-state index contributed by atoms with van der Waals surface area (Å²) in [7, 11) is 0. The van der Waals surface area contributed by atoms with Crippen LogP contribution in [0, 0.1) is 19.8 Å². The van der Waals surface area contributed by atoms with E-state index in [9.17, 15) is 14.3 Å². The molecular formula is C25H26FN5O3. The van der Waals surface area contributed by atoms with Gasteiger partial charge in [0, 0.05) is 42.5 Å². The third-order valence-corrected chi connectivity index (χ3v) is 6.78. The van der Waals surface area contributed by atoms with Gasteiger partial charge in [0.1, 0.15) is 11.4 Å². The number of hydrogen-bond donors (Lipinski definition) is 1. The maximum atomic E-state index is 14.3. The van der Waals surface area contributed by atoms with Crippen LogP contribution in [-0.4, -0.2) is 41.4 Å². The van der Waals surface area contributed by atoms with Crippen LogP contribution in [-0.2, 0) is 6.54 Å². The first kappa shape index (κ1) is 22.2. The molecule has 5 rings (SSSR count). The highest BCUT2D eigenvalue weighted by Crippen LogP contribution is 2.37. The number of aromatic nitrogens is 5. The van der Waals surface area contributed by atoms with Crippen molar-refractivity contribution < 1.29 is 18.8 Å². The Balaban J connectivity index is 1.59. The highest BCUT2D eigenvalue weighted by Gasteiger charge is 2.31. The Morgan fingerprint density at radius 1 is 1.21 bits per heavy atom. The molecule has 0 aliphatic heterocycles. The number of alkyl halides is 1. The fourth-order valence-corrected chi connectivity index (χ4v) is 4.83. The Morgan fingerprint density at radius 3 is 2.53 bits per heavy atom. The maximum Gasteiger partial charge on any atom is 0.338 e. The molecular weight excluding hydrogens is 437 g/mol. The molecule has 1 fully saturated rings. The quantitative estimate of drug-likeness (QED) is 0.423. The van der Waals surface area contributed by atoms with Crippen LogP contribution >= 0.6 is 0 Å². The van der Waals surface area contributed by atoms with Crippen LogP contribution in [0.5, 0.6) is 0 Å². The first-order valence-electron chi connectivity index (χ1n) is 11.4. The van der Waals surface area contributed by atoms with E-state index in [0.717, 1.165) is 58.6 Å². The minimum atomic E-state index is -1.09. The lowest BCUT2D eigenvalue weighted by atomic mass is 9.81. The molecule has 1 N–H and O–H groups in total. The van der Waals surface area contributed by atoms with Gasteiger partial charge in [0.15, 0.2) is 5.82 Å². The van der Waals surface area contributed by atoms with Gasteiger partial charge in [0.2, 0.25) is 0 Å². The first-order valence-corrected chi connectivity index (χ1v) is 11.4. The van der Waals surface area contributed by atoms with E-state index in [1.54, 1.807) is 13.1 Å². The van der Waals surface area contributed by atoms with E-state index in [4.69, 9.17) is 9.51 Å². The van der Waals surface area contributed by atoms with Gasteiger partial charge >= 0.3 is 5.97 Å². The summed E-state index contributed by atoms with van der Waals surface area (Å²) in [6.07, 6.45) is 9.12. The topological polar surface area (TPSA) is 107 Å². The van der Waals surface area contributed by atoms with Crippen LogP contribution < -0.4 is 0 Å². The average Bonchev–Trinajstić information content (AvgIpc) is 3.34. The zero-order valence-corrected chi connectivity index (χ0v) is 19.4. The zero-order valence-electron chi connectivity index (χ0n) is 19.4. The molecule has 4 aromatic heterocycles. The highest BCUT2D eigenvalue weighted by molar-refractivity contribution is 5.94. The van der Waals surface area contributed by atoms with Crippen LogP contribution in [0.1, 0.15) is 54.4 Å². The van der Waals surface area contributed by atoms with E-state index in [2.05, 4.69) is 25.8 Å². The molecule has 34 heavy (non-hydrogen) atoms. The largest absolute Gasteiger partial charge is 0.478 e. The van der Waals surface area contributed by atoms with Crippen molar-refractivity contribution in [3.8, 4) is 22.5 Å². The predicted molar refractivity (Wildman–Crippen MR) is 124 cm³/mol. The van der Waals surface area contributed by atoms with Gasteiger partial charge in [-0.15, -0.1) is 0 Å². The molecule has 1 saturated carbocycles. The molecule has 8 nitrogen and oxygen atoms in total. The number of carboxylic acid groups (broad SMARTS) is 1. The summed E-state index contributed by atoms with van der Waals surface area (Å²) in [4.78, 5) is 24.5. The molecule has 0 atom stereocenters. The van der Waals surface area contributed by atoms with Crippen molar-refractivity contribution in [2.24, 2.45) is 5.92 Å². The lowest BCUT2D eigenvalue weighted by Crippen LogP contribution is -2.27. The van der Waals surface area contributed by atoms with E-state index < -0.39 is 11.6 Å². The third-order valence-electron chi connectivity index (χ3n) is 6.78. The summed E-state index contributed by atoms with van der Waals surface area (Å²) in [5, 5.41) is 13.2. The van der Waals surface area contributed by atoms with Crippen molar-refractivity contribution in [3.63, 3.8) is 0 Å². The average molecular weight is 464 g/mol.